The maximum Gasteiger partial charge on any atom is 0.233 e. The summed E-state index contributed by atoms with van der Waals surface area (Å²) in [6, 6.07) is 13.4. The Morgan fingerprint density at radius 1 is 1.03 bits per heavy atom. The van der Waals surface area contributed by atoms with E-state index in [1.165, 1.54) is 21.9 Å². The lowest BCUT2D eigenvalue weighted by Crippen LogP contribution is -2.05. The molecule has 0 fully saturated rings. The van der Waals surface area contributed by atoms with Crippen LogP contribution < -0.4 is 5.73 Å². The Morgan fingerprint density at radius 3 is 2.72 bits per heavy atom. The minimum Gasteiger partial charge on any atom is -0.383 e. The van der Waals surface area contributed by atoms with Crippen molar-refractivity contribution in [1.82, 2.24) is 29.3 Å². The average Bonchev–Trinajstić information content (AvgIpc) is 3.51. The number of nitrogen functional groups attached to an aromatic ring is 1. The molecule has 4 aromatic heterocycles. The molecule has 0 saturated heterocycles. The Kier molecular flexibility index (Phi) is 4.07. The number of halogens is 1. The van der Waals surface area contributed by atoms with Crippen molar-refractivity contribution in [3.63, 3.8) is 0 Å². The van der Waals surface area contributed by atoms with Gasteiger partial charge in [-0.1, -0.05) is 6.07 Å². The van der Waals surface area contributed by atoms with E-state index in [9.17, 15) is 4.39 Å². The molecule has 158 valence electrons. The average molecular weight is 425 g/mol. The quantitative estimate of drug-likeness (QED) is 0.468. The zero-order valence-corrected chi connectivity index (χ0v) is 17.5. The summed E-state index contributed by atoms with van der Waals surface area (Å²) >= 11 is 0. The molecule has 0 amide bonds. The van der Waals surface area contributed by atoms with E-state index in [0.29, 0.717) is 23.1 Å². The number of nitrogens with zero attached hydrogens (tertiary/aromatic N) is 6. The van der Waals surface area contributed by atoms with E-state index >= 15 is 0 Å². The molecule has 32 heavy (non-hydrogen) atoms. The summed E-state index contributed by atoms with van der Waals surface area (Å²) in [6.45, 7) is 1.96. The second-order valence-electron chi connectivity index (χ2n) is 8.07. The molecule has 1 aliphatic carbocycles. The van der Waals surface area contributed by atoms with Crippen molar-refractivity contribution in [2.45, 2.75) is 26.2 Å². The van der Waals surface area contributed by atoms with E-state index in [2.05, 4.69) is 28.3 Å². The Hall–Kier alpha value is -4.07. The zero-order valence-electron chi connectivity index (χ0n) is 17.5. The fourth-order valence-corrected chi connectivity index (χ4v) is 4.46. The Labute approximate surface area is 183 Å². The number of fused-ring (bicyclic) bond motifs is 2. The molecule has 8 heteroatoms. The summed E-state index contributed by atoms with van der Waals surface area (Å²) in [4.78, 5) is 14.0. The van der Waals surface area contributed by atoms with Gasteiger partial charge in [-0.3, -0.25) is 4.57 Å². The molecule has 0 spiro atoms. The van der Waals surface area contributed by atoms with Gasteiger partial charge in [-0.25, -0.2) is 19.6 Å². The van der Waals surface area contributed by atoms with Gasteiger partial charge in [-0.2, -0.15) is 4.39 Å². The summed E-state index contributed by atoms with van der Waals surface area (Å²) in [6.07, 6.45) is 6.55. The number of anilines is 1. The van der Waals surface area contributed by atoms with Crippen LogP contribution in [0.2, 0.25) is 0 Å². The van der Waals surface area contributed by atoms with Crippen LogP contribution in [0.3, 0.4) is 0 Å². The largest absolute Gasteiger partial charge is 0.383 e. The SMILES string of the molecule is Cc1cc(-n2ccc(F)n2)nc2c1nc(-c1cccnc1N)n2-c1ccc2c(c1)CCC2. The molecule has 1 aromatic carbocycles. The standard InChI is InChI=1S/C24H20FN7/c1-14-12-20(31-11-9-19(25)30-31)28-24-21(14)29-23(18-6-3-10-27-22(18)26)32(24)17-8-7-15-4-2-5-16(15)13-17/h3,6-13H,2,4-5H2,1H3,(H2,26,27). The second kappa shape index (κ2) is 6.98. The van der Waals surface area contributed by atoms with Crippen LogP contribution in [0.5, 0.6) is 0 Å². The molecule has 0 radical (unpaired) electrons. The lowest BCUT2D eigenvalue weighted by Gasteiger charge is -2.12. The predicted octanol–water partition coefficient (Wildman–Crippen LogP) is 4.19. The molecular formula is C24H20FN7. The molecule has 6 rings (SSSR count). The molecule has 2 N–H and O–H groups in total. The van der Waals surface area contributed by atoms with Gasteiger partial charge in [0.25, 0.3) is 0 Å². The molecular weight excluding hydrogens is 405 g/mol. The Bertz CT molecular complexity index is 1500. The zero-order chi connectivity index (χ0) is 21.8. The van der Waals surface area contributed by atoms with Gasteiger partial charge >= 0.3 is 0 Å². The third-order valence-corrected chi connectivity index (χ3v) is 6.00. The van der Waals surface area contributed by atoms with Gasteiger partial charge < -0.3 is 5.73 Å². The van der Waals surface area contributed by atoms with Crippen molar-refractivity contribution < 1.29 is 4.39 Å². The van der Waals surface area contributed by atoms with Gasteiger partial charge in [0.2, 0.25) is 5.95 Å². The van der Waals surface area contributed by atoms with E-state index in [0.717, 1.165) is 41.6 Å². The first-order chi connectivity index (χ1) is 15.6. The van der Waals surface area contributed by atoms with E-state index in [1.54, 1.807) is 12.4 Å². The molecule has 5 aromatic rings. The predicted molar refractivity (Wildman–Crippen MR) is 120 cm³/mol. The molecule has 7 nitrogen and oxygen atoms in total. The normalized spacial score (nSPS) is 13.1. The lowest BCUT2D eigenvalue weighted by atomic mass is 10.1. The molecule has 4 heterocycles. The van der Waals surface area contributed by atoms with Crippen molar-refractivity contribution in [2.75, 3.05) is 5.73 Å². The first-order valence-corrected chi connectivity index (χ1v) is 10.5. The number of hydrogen-bond acceptors (Lipinski definition) is 5. The summed E-state index contributed by atoms with van der Waals surface area (Å²) in [5.41, 5.74) is 13.0. The molecule has 0 aliphatic heterocycles. The lowest BCUT2D eigenvalue weighted by molar-refractivity contribution is 0.565. The maximum absolute atomic E-state index is 13.6. The molecule has 0 unspecified atom stereocenters. The number of aryl methyl sites for hydroxylation is 3. The summed E-state index contributed by atoms with van der Waals surface area (Å²) in [5.74, 6) is 1.03. The monoisotopic (exact) mass is 425 g/mol. The number of pyridine rings is 2. The Morgan fingerprint density at radius 2 is 1.91 bits per heavy atom. The minimum atomic E-state index is -0.555. The minimum absolute atomic E-state index is 0.400. The van der Waals surface area contributed by atoms with Crippen LogP contribution in [0, 0.1) is 12.9 Å². The first kappa shape index (κ1) is 18.7. The smallest absolute Gasteiger partial charge is 0.233 e. The number of hydrogen-bond donors (Lipinski definition) is 1. The molecule has 0 bridgehead atoms. The van der Waals surface area contributed by atoms with Crippen LogP contribution in [-0.4, -0.2) is 29.3 Å². The van der Waals surface area contributed by atoms with Gasteiger partial charge in [0.05, 0.1) is 5.56 Å². The fraction of sp³-hybridized carbons (Fsp3) is 0.167. The highest BCUT2D eigenvalue weighted by Gasteiger charge is 2.22. The number of aromatic nitrogens is 6. The first-order valence-electron chi connectivity index (χ1n) is 10.5. The molecule has 0 saturated carbocycles. The number of nitrogens with two attached hydrogens (primary N) is 1. The third kappa shape index (κ3) is 2.87. The van der Waals surface area contributed by atoms with Gasteiger partial charge in [0.15, 0.2) is 17.3 Å². The second-order valence-corrected chi connectivity index (χ2v) is 8.07. The van der Waals surface area contributed by atoms with E-state index < -0.39 is 5.95 Å². The van der Waals surface area contributed by atoms with Crippen LogP contribution in [0.25, 0.3) is 34.1 Å². The van der Waals surface area contributed by atoms with Crippen molar-refractivity contribution in [1.29, 1.82) is 0 Å². The van der Waals surface area contributed by atoms with Crippen LogP contribution in [0.15, 0.2) is 54.9 Å². The number of benzene rings is 1. The van der Waals surface area contributed by atoms with Crippen molar-refractivity contribution >= 4 is 17.0 Å². The van der Waals surface area contributed by atoms with Gasteiger partial charge in [-0.15, -0.1) is 5.10 Å². The highest BCUT2D eigenvalue weighted by atomic mass is 19.1. The van der Waals surface area contributed by atoms with Crippen LogP contribution in [0.1, 0.15) is 23.1 Å². The Balaban J connectivity index is 1.67. The number of rotatable bonds is 3. The van der Waals surface area contributed by atoms with E-state index in [1.807, 2.05) is 29.7 Å². The van der Waals surface area contributed by atoms with Crippen molar-refractivity contribution in [2.24, 2.45) is 0 Å². The van der Waals surface area contributed by atoms with Gasteiger partial charge in [0, 0.05) is 24.1 Å². The van der Waals surface area contributed by atoms with E-state index in [-0.39, 0.29) is 0 Å². The maximum atomic E-state index is 13.6. The van der Waals surface area contributed by atoms with Crippen LogP contribution in [-0.2, 0) is 12.8 Å². The highest BCUT2D eigenvalue weighted by molar-refractivity contribution is 5.85. The number of imidazole rings is 1. The van der Waals surface area contributed by atoms with Crippen LogP contribution in [0.4, 0.5) is 10.2 Å². The summed E-state index contributed by atoms with van der Waals surface area (Å²) in [5, 5.41) is 3.89. The van der Waals surface area contributed by atoms with Gasteiger partial charge in [0.1, 0.15) is 11.3 Å². The van der Waals surface area contributed by atoms with Crippen molar-refractivity contribution in [3.8, 4) is 22.9 Å². The summed E-state index contributed by atoms with van der Waals surface area (Å²) < 4.78 is 17.0. The highest BCUT2D eigenvalue weighted by Crippen LogP contribution is 2.33. The molecule has 0 atom stereocenters. The van der Waals surface area contributed by atoms with Gasteiger partial charge in [-0.05, 0) is 73.2 Å². The van der Waals surface area contributed by atoms with Crippen molar-refractivity contribution in [3.05, 3.63) is 77.5 Å². The topological polar surface area (TPSA) is 87.4 Å². The third-order valence-electron chi connectivity index (χ3n) is 6.00. The van der Waals surface area contributed by atoms with E-state index in [4.69, 9.17) is 15.7 Å². The van der Waals surface area contributed by atoms with Crippen LogP contribution >= 0.6 is 0 Å². The fourth-order valence-electron chi connectivity index (χ4n) is 4.46. The molecule has 1 aliphatic rings. The summed E-state index contributed by atoms with van der Waals surface area (Å²) in [7, 11) is 0.